The number of hydrogen-bond acceptors (Lipinski definition) is 5. The summed E-state index contributed by atoms with van der Waals surface area (Å²) in [5.74, 6) is -3.89. The van der Waals surface area contributed by atoms with Gasteiger partial charge in [-0.05, 0) is 13.0 Å². The Labute approximate surface area is 153 Å². The Bertz CT molecular complexity index is 1010. The normalized spacial score (nSPS) is 10.6. The van der Waals surface area contributed by atoms with Crippen LogP contribution in [0.4, 0.5) is 8.78 Å². The molecule has 0 aliphatic rings. The maximum atomic E-state index is 13.7. The number of nitrogens with zero attached hydrogens (tertiary/aromatic N) is 2. The smallest absolute Gasteiger partial charge is 0.274 e. The minimum absolute atomic E-state index is 0.0448. The molecule has 3 aromatic rings. The van der Waals surface area contributed by atoms with Crippen molar-refractivity contribution in [3.8, 4) is 23.0 Å². The van der Waals surface area contributed by atoms with Crippen molar-refractivity contribution in [1.82, 2.24) is 15.3 Å². The molecule has 0 spiro atoms. The van der Waals surface area contributed by atoms with E-state index in [1.54, 1.807) is 24.3 Å². The Morgan fingerprint density at radius 1 is 1.07 bits per heavy atom. The molecule has 8 heteroatoms. The standard InChI is InChI=1S/C19H15F2N3O3/c1-10-2-4-11(5-3-10)17-23-15(16(25)19(27)24-17)18(26)22-9-12-6-7-13(20)8-14(12)21/h2-8,25H,9H2,1H3,(H,22,26)(H,23,24,27). The van der Waals surface area contributed by atoms with Gasteiger partial charge in [-0.1, -0.05) is 35.9 Å². The van der Waals surface area contributed by atoms with Crippen LogP contribution in [0.1, 0.15) is 21.6 Å². The third kappa shape index (κ3) is 4.00. The molecule has 0 saturated carbocycles. The van der Waals surface area contributed by atoms with E-state index < -0.39 is 34.9 Å². The summed E-state index contributed by atoms with van der Waals surface area (Å²) < 4.78 is 26.6. The van der Waals surface area contributed by atoms with Crippen LogP contribution in [0, 0.1) is 18.6 Å². The van der Waals surface area contributed by atoms with Crippen LogP contribution in [-0.4, -0.2) is 26.1 Å². The lowest BCUT2D eigenvalue weighted by Crippen LogP contribution is -2.25. The summed E-state index contributed by atoms with van der Waals surface area (Å²) in [5.41, 5.74) is 1.14. The fraction of sp³-hybridized carbons (Fsp3) is 0.105. The first-order valence-corrected chi connectivity index (χ1v) is 7.94. The molecule has 0 bridgehead atoms. The van der Waals surface area contributed by atoms with E-state index in [1.807, 2.05) is 6.92 Å². The highest BCUT2D eigenvalue weighted by Crippen LogP contribution is 2.29. The molecular formula is C19H15F2N3O3. The van der Waals surface area contributed by atoms with Crippen molar-refractivity contribution in [3.05, 3.63) is 70.9 Å². The van der Waals surface area contributed by atoms with E-state index in [2.05, 4.69) is 15.3 Å². The van der Waals surface area contributed by atoms with E-state index in [0.29, 0.717) is 11.6 Å². The van der Waals surface area contributed by atoms with Crippen LogP contribution in [0.15, 0.2) is 42.5 Å². The van der Waals surface area contributed by atoms with Crippen molar-refractivity contribution in [1.29, 1.82) is 0 Å². The van der Waals surface area contributed by atoms with Crippen LogP contribution < -0.4 is 5.32 Å². The number of hydrogen-bond donors (Lipinski definition) is 3. The molecule has 1 amide bonds. The zero-order chi connectivity index (χ0) is 19.6. The predicted octanol–water partition coefficient (Wildman–Crippen LogP) is 3.07. The average molecular weight is 371 g/mol. The second-order valence-corrected chi connectivity index (χ2v) is 5.85. The van der Waals surface area contributed by atoms with E-state index in [0.717, 1.165) is 11.6 Å². The lowest BCUT2D eigenvalue weighted by molar-refractivity contribution is 0.0941. The van der Waals surface area contributed by atoms with Crippen molar-refractivity contribution in [2.24, 2.45) is 0 Å². The van der Waals surface area contributed by atoms with Gasteiger partial charge in [0.25, 0.3) is 11.8 Å². The summed E-state index contributed by atoms with van der Waals surface area (Å²) in [5, 5.41) is 22.1. The zero-order valence-electron chi connectivity index (χ0n) is 14.2. The molecule has 1 aromatic heterocycles. The van der Waals surface area contributed by atoms with Crippen molar-refractivity contribution < 1.29 is 23.8 Å². The molecule has 0 radical (unpaired) electrons. The summed E-state index contributed by atoms with van der Waals surface area (Å²) in [6, 6.07) is 9.98. The summed E-state index contributed by atoms with van der Waals surface area (Å²) in [6.07, 6.45) is 0. The third-order valence-electron chi connectivity index (χ3n) is 3.84. The summed E-state index contributed by atoms with van der Waals surface area (Å²) in [4.78, 5) is 20.1. The monoisotopic (exact) mass is 371 g/mol. The molecule has 0 aliphatic heterocycles. The highest BCUT2D eigenvalue weighted by atomic mass is 19.1. The number of carbonyl (C=O) groups is 1. The molecule has 138 valence electrons. The number of halogens is 2. The number of rotatable bonds is 4. The van der Waals surface area contributed by atoms with Crippen LogP contribution in [0.5, 0.6) is 11.6 Å². The van der Waals surface area contributed by atoms with Crippen molar-refractivity contribution in [2.45, 2.75) is 13.5 Å². The van der Waals surface area contributed by atoms with Crippen LogP contribution in [0.3, 0.4) is 0 Å². The number of aryl methyl sites for hydroxylation is 1. The average Bonchev–Trinajstić information content (AvgIpc) is 2.63. The molecule has 0 fully saturated rings. The van der Waals surface area contributed by atoms with Crippen LogP contribution >= 0.6 is 0 Å². The molecule has 3 rings (SSSR count). The van der Waals surface area contributed by atoms with Gasteiger partial charge in [-0.2, -0.15) is 4.98 Å². The first-order valence-electron chi connectivity index (χ1n) is 7.94. The van der Waals surface area contributed by atoms with Crippen molar-refractivity contribution in [3.63, 3.8) is 0 Å². The SMILES string of the molecule is Cc1ccc(-c2nc(O)c(O)c(C(=O)NCc3ccc(F)cc3F)n2)cc1. The second kappa shape index (κ2) is 7.36. The van der Waals surface area contributed by atoms with E-state index in [4.69, 9.17) is 0 Å². The molecule has 0 atom stereocenters. The molecule has 0 aliphatic carbocycles. The van der Waals surface area contributed by atoms with Gasteiger partial charge in [-0.3, -0.25) is 4.79 Å². The van der Waals surface area contributed by atoms with E-state index in [1.165, 1.54) is 6.07 Å². The first kappa shape index (κ1) is 18.2. The number of nitrogens with one attached hydrogen (secondary N) is 1. The predicted molar refractivity (Wildman–Crippen MR) is 93.1 cm³/mol. The minimum Gasteiger partial charge on any atom is -0.501 e. The molecule has 27 heavy (non-hydrogen) atoms. The first-order chi connectivity index (χ1) is 12.8. The molecule has 2 aromatic carbocycles. The van der Waals surface area contributed by atoms with Gasteiger partial charge in [-0.15, -0.1) is 0 Å². The number of carbonyl (C=O) groups excluding carboxylic acids is 1. The highest BCUT2D eigenvalue weighted by Gasteiger charge is 2.20. The van der Waals surface area contributed by atoms with Gasteiger partial charge in [0, 0.05) is 23.7 Å². The fourth-order valence-electron chi connectivity index (χ4n) is 2.36. The van der Waals surface area contributed by atoms with Crippen LogP contribution in [0.25, 0.3) is 11.4 Å². The molecule has 3 N–H and O–H groups in total. The van der Waals surface area contributed by atoms with Gasteiger partial charge in [0.2, 0.25) is 5.75 Å². The topological polar surface area (TPSA) is 95.3 Å². The van der Waals surface area contributed by atoms with Gasteiger partial charge in [-0.25, -0.2) is 13.8 Å². The number of amides is 1. The lowest BCUT2D eigenvalue weighted by atomic mass is 10.1. The lowest BCUT2D eigenvalue weighted by Gasteiger charge is -2.10. The van der Waals surface area contributed by atoms with E-state index >= 15 is 0 Å². The maximum absolute atomic E-state index is 13.7. The van der Waals surface area contributed by atoms with E-state index in [-0.39, 0.29) is 17.9 Å². The Morgan fingerprint density at radius 3 is 2.44 bits per heavy atom. The summed E-state index contributed by atoms with van der Waals surface area (Å²) >= 11 is 0. The Kier molecular flexibility index (Phi) is 4.98. The van der Waals surface area contributed by atoms with Crippen molar-refractivity contribution >= 4 is 5.91 Å². The van der Waals surface area contributed by atoms with Crippen LogP contribution in [-0.2, 0) is 6.54 Å². The minimum atomic E-state index is -0.845. The van der Waals surface area contributed by atoms with E-state index in [9.17, 15) is 23.8 Å². The maximum Gasteiger partial charge on any atom is 0.274 e. The van der Waals surface area contributed by atoms with Gasteiger partial charge in [0.15, 0.2) is 11.5 Å². The number of benzene rings is 2. The number of aromatic hydroxyl groups is 2. The third-order valence-corrected chi connectivity index (χ3v) is 3.84. The Morgan fingerprint density at radius 2 is 1.78 bits per heavy atom. The molecule has 1 heterocycles. The zero-order valence-corrected chi connectivity index (χ0v) is 14.2. The molecular weight excluding hydrogens is 356 g/mol. The Balaban J connectivity index is 1.86. The van der Waals surface area contributed by atoms with Gasteiger partial charge < -0.3 is 15.5 Å². The Hall–Kier alpha value is -3.55. The summed E-state index contributed by atoms with van der Waals surface area (Å²) in [6.45, 7) is 1.64. The van der Waals surface area contributed by atoms with Gasteiger partial charge in [0.1, 0.15) is 11.6 Å². The molecule has 0 saturated heterocycles. The largest absolute Gasteiger partial charge is 0.501 e. The second-order valence-electron chi connectivity index (χ2n) is 5.85. The van der Waals surface area contributed by atoms with Gasteiger partial charge in [0.05, 0.1) is 0 Å². The molecule has 0 unspecified atom stereocenters. The number of aromatic nitrogens is 2. The highest BCUT2D eigenvalue weighted by molar-refractivity contribution is 5.95. The van der Waals surface area contributed by atoms with Crippen molar-refractivity contribution in [2.75, 3.05) is 0 Å². The quantitative estimate of drug-likeness (QED) is 0.655. The summed E-state index contributed by atoms with van der Waals surface area (Å²) in [7, 11) is 0. The molecule has 6 nitrogen and oxygen atoms in total. The van der Waals surface area contributed by atoms with Gasteiger partial charge >= 0.3 is 0 Å². The van der Waals surface area contributed by atoms with Crippen LogP contribution in [0.2, 0.25) is 0 Å². The fourth-order valence-corrected chi connectivity index (χ4v) is 2.36.